The van der Waals surface area contributed by atoms with E-state index in [2.05, 4.69) is 61.5 Å². The molecule has 0 aromatic carbocycles. The Kier molecular flexibility index (Phi) is 14.9. The highest BCUT2D eigenvalue weighted by Crippen LogP contribution is 2.09. The third-order valence-corrected chi connectivity index (χ3v) is 3.73. The van der Waals surface area contributed by atoms with Gasteiger partial charge in [-0.15, -0.1) is 0 Å². The lowest BCUT2D eigenvalue weighted by atomic mass is 10.1. The molecule has 0 bridgehead atoms. The van der Waals surface area contributed by atoms with Crippen molar-refractivity contribution in [2.24, 2.45) is 0 Å². The Morgan fingerprint density at radius 1 is 0.517 bits per heavy atom. The molecule has 0 saturated carbocycles. The zero-order chi connectivity index (χ0) is 22.1. The fraction of sp³-hybridized carbons (Fsp3) is 0.440. The number of rotatable bonds is 3. The smallest absolute Gasteiger partial charge is 0.0612 e. The molecule has 3 aromatic heterocycles. The number of hydrogen-bond acceptors (Lipinski definition) is 4. The SMILES string of the molecule is CC.CC(C)c1ccccn1.CC(C)c1ccccn1.CC(C)c1cnccn1. The maximum Gasteiger partial charge on any atom is 0.0612 e. The van der Waals surface area contributed by atoms with Crippen LogP contribution in [0.2, 0.25) is 0 Å². The monoisotopic (exact) mass is 394 g/mol. The third kappa shape index (κ3) is 12.5. The van der Waals surface area contributed by atoms with E-state index in [-0.39, 0.29) is 0 Å². The van der Waals surface area contributed by atoms with Gasteiger partial charge in [-0.25, -0.2) is 0 Å². The zero-order valence-electron chi connectivity index (χ0n) is 19.4. The predicted octanol–water partition coefficient (Wildman–Crippen LogP) is 7.04. The van der Waals surface area contributed by atoms with Gasteiger partial charge in [-0.2, -0.15) is 0 Å². The van der Waals surface area contributed by atoms with Gasteiger partial charge in [0.25, 0.3) is 0 Å². The first-order chi connectivity index (χ1) is 13.9. The van der Waals surface area contributed by atoms with E-state index in [1.165, 1.54) is 0 Å². The highest BCUT2D eigenvalue weighted by atomic mass is 14.8. The Balaban J connectivity index is 0.000000388. The molecule has 0 unspecified atom stereocenters. The normalized spacial score (nSPS) is 9.62. The molecule has 0 saturated heterocycles. The minimum absolute atomic E-state index is 0.485. The fourth-order valence-electron chi connectivity index (χ4n) is 2.04. The van der Waals surface area contributed by atoms with Crippen molar-refractivity contribution in [2.75, 3.05) is 0 Å². The molecule has 4 heteroatoms. The van der Waals surface area contributed by atoms with Crippen molar-refractivity contribution in [3.8, 4) is 0 Å². The molecule has 0 N–H and O–H groups in total. The molecule has 158 valence electrons. The highest BCUT2D eigenvalue weighted by Gasteiger charge is 1.97. The molecular formula is C25H38N4. The molecule has 0 amide bonds. The van der Waals surface area contributed by atoms with Crippen LogP contribution < -0.4 is 0 Å². The minimum Gasteiger partial charge on any atom is -0.261 e. The van der Waals surface area contributed by atoms with Gasteiger partial charge < -0.3 is 0 Å². The van der Waals surface area contributed by atoms with E-state index in [1.54, 1.807) is 18.6 Å². The first-order valence-corrected chi connectivity index (χ1v) is 10.5. The van der Waals surface area contributed by atoms with Crippen LogP contribution >= 0.6 is 0 Å². The second-order valence-electron chi connectivity index (χ2n) is 7.10. The summed E-state index contributed by atoms with van der Waals surface area (Å²) in [5.74, 6) is 1.58. The number of hydrogen-bond donors (Lipinski definition) is 0. The molecule has 0 aliphatic heterocycles. The van der Waals surface area contributed by atoms with Crippen molar-refractivity contribution in [2.45, 2.75) is 73.1 Å². The summed E-state index contributed by atoms with van der Waals surface area (Å²) in [5.41, 5.74) is 3.38. The van der Waals surface area contributed by atoms with E-state index in [1.807, 2.05) is 62.6 Å². The minimum atomic E-state index is 0.485. The summed E-state index contributed by atoms with van der Waals surface area (Å²) in [4.78, 5) is 16.4. The lowest BCUT2D eigenvalue weighted by molar-refractivity contribution is 0.812. The van der Waals surface area contributed by atoms with Gasteiger partial charge in [-0.1, -0.05) is 67.5 Å². The summed E-state index contributed by atoms with van der Waals surface area (Å²) < 4.78 is 0. The Labute approximate surface area is 177 Å². The Bertz CT molecular complexity index is 608. The van der Waals surface area contributed by atoms with Crippen LogP contribution in [0, 0.1) is 0 Å². The van der Waals surface area contributed by atoms with Gasteiger partial charge in [0.15, 0.2) is 0 Å². The maximum atomic E-state index is 4.18. The van der Waals surface area contributed by atoms with E-state index in [0.29, 0.717) is 17.8 Å². The topological polar surface area (TPSA) is 51.6 Å². The van der Waals surface area contributed by atoms with Gasteiger partial charge in [0.05, 0.1) is 5.69 Å². The van der Waals surface area contributed by atoms with E-state index in [4.69, 9.17) is 0 Å². The molecule has 0 fully saturated rings. The van der Waals surface area contributed by atoms with Crippen molar-refractivity contribution in [3.05, 3.63) is 84.5 Å². The molecule has 3 heterocycles. The van der Waals surface area contributed by atoms with E-state index in [0.717, 1.165) is 17.1 Å². The first kappa shape index (κ1) is 26.4. The summed E-state index contributed by atoms with van der Waals surface area (Å²) in [7, 11) is 0. The number of pyridine rings is 2. The average Bonchev–Trinajstić information content (AvgIpc) is 2.78. The lowest BCUT2D eigenvalue weighted by Crippen LogP contribution is -1.91. The van der Waals surface area contributed by atoms with Gasteiger partial charge in [0, 0.05) is 42.4 Å². The zero-order valence-corrected chi connectivity index (χ0v) is 19.4. The van der Waals surface area contributed by atoms with Crippen LogP contribution in [0.25, 0.3) is 0 Å². The van der Waals surface area contributed by atoms with Crippen LogP contribution in [0.15, 0.2) is 67.4 Å². The van der Waals surface area contributed by atoms with E-state index in [9.17, 15) is 0 Å². The first-order valence-electron chi connectivity index (χ1n) is 10.5. The van der Waals surface area contributed by atoms with Crippen LogP contribution in [0.3, 0.4) is 0 Å². The molecule has 0 aliphatic rings. The van der Waals surface area contributed by atoms with Crippen LogP contribution in [0.4, 0.5) is 0 Å². The second-order valence-corrected chi connectivity index (χ2v) is 7.10. The Morgan fingerprint density at radius 2 is 0.931 bits per heavy atom. The lowest BCUT2D eigenvalue weighted by Gasteiger charge is -2.00. The molecule has 4 nitrogen and oxygen atoms in total. The molecule has 3 rings (SSSR count). The molecule has 29 heavy (non-hydrogen) atoms. The van der Waals surface area contributed by atoms with Crippen molar-refractivity contribution in [1.29, 1.82) is 0 Å². The summed E-state index contributed by atoms with van der Waals surface area (Å²) in [6.07, 6.45) is 8.86. The van der Waals surface area contributed by atoms with Crippen LogP contribution in [-0.2, 0) is 0 Å². The molecular weight excluding hydrogens is 356 g/mol. The van der Waals surface area contributed by atoms with Gasteiger partial charge >= 0.3 is 0 Å². The van der Waals surface area contributed by atoms with Gasteiger partial charge in [0.2, 0.25) is 0 Å². The van der Waals surface area contributed by atoms with Gasteiger partial charge in [-0.3, -0.25) is 19.9 Å². The third-order valence-electron chi connectivity index (χ3n) is 3.73. The molecule has 0 atom stereocenters. The summed E-state index contributed by atoms with van der Waals surface area (Å²) in [5, 5.41) is 0. The molecule has 3 aromatic rings. The van der Waals surface area contributed by atoms with Crippen LogP contribution in [0.5, 0.6) is 0 Å². The molecule has 0 radical (unpaired) electrons. The standard InChI is InChI=1S/2C8H11N.C7H10N2.C2H6/c2*1-7(2)8-5-3-4-6-9-8;1-6(2)7-5-8-3-4-9-7;1-2/h2*3-7H,1-2H3;3-6H,1-2H3;1-2H3. The summed E-state index contributed by atoms with van der Waals surface area (Å²) in [6.45, 7) is 16.8. The Morgan fingerprint density at radius 3 is 1.14 bits per heavy atom. The average molecular weight is 395 g/mol. The van der Waals surface area contributed by atoms with Crippen molar-refractivity contribution < 1.29 is 0 Å². The van der Waals surface area contributed by atoms with Crippen molar-refractivity contribution in [1.82, 2.24) is 19.9 Å². The van der Waals surface area contributed by atoms with Crippen molar-refractivity contribution in [3.63, 3.8) is 0 Å². The predicted molar refractivity (Wildman–Crippen MR) is 124 cm³/mol. The fourth-order valence-corrected chi connectivity index (χ4v) is 2.04. The highest BCUT2D eigenvalue weighted by molar-refractivity contribution is 5.07. The Hall–Kier alpha value is -2.62. The molecule has 0 spiro atoms. The van der Waals surface area contributed by atoms with Crippen LogP contribution in [0.1, 0.15) is 90.2 Å². The van der Waals surface area contributed by atoms with Gasteiger partial charge in [0.1, 0.15) is 0 Å². The van der Waals surface area contributed by atoms with E-state index < -0.39 is 0 Å². The van der Waals surface area contributed by atoms with Crippen molar-refractivity contribution >= 4 is 0 Å². The number of nitrogens with zero attached hydrogens (tertiary/aromatic N) is 4. The second kappa shape index (κ2) is 16.3. The largest absolute Gasteiger partial charge is 0.261 e. The summed E-state index contributed by atoms with van der Waals surface area (Å²) >= 11 is 0. The van der Waals surface area contributed by atoms with Crippen LogP contribution in [-0.4, -0.2) is 19.9 Å². The van der Waals surface area contributed by atoms with E-state index >= 15 is 0 Å². The quantitative estimate of drug-likeness (QED) is 0.478. The number of aromatic nitrogens is 4. The van der Waals surface area contributed by atoms with Gasteiger partial charge in [-0.05, 0) is 42.0 Å². The maximum absolute atomic E-state index is 4.18. The summed E-state index contributed by atoms with van der Waals surface area (Å²) in [6, 6.07) is 12.0. The molecule has 0 aliphatic carbocycles.